The second-order valence-electron chi connectivity index (χ2n) is 4.98. The van der Waals surface area contributed by atoms with Crippen molar-refractivity contribution in [3.05, 3.63) is 0 Å². The summed E-state index contributed by atoms with van der Waals surface area (Å²) in [5.41, 5.74) is 0. The number of carbonyl (C=O) groups is 1. The van der Waals surface area contributed by atoms with E-state index in [2.05, 4.69) is 26.1 Å². The summed E-state index contributed by atoms with van der Waals surface area (Å²) in [6.07, 6.45) is 1.78. The molecule has 3 nitrogen and oxygen atoms in total. The van der Waals surface area contributed by atoms with Gasteiger partial charge in [0.25, 0.3) is 0 Å². The molecule has 1 N–H and O–H groups in total. The lowest BCUT2D eigenvalue weighted by atomic mass is 10.00. The van der Waals surface area contributed by atoms with Crippen molar-refractivity contribution in [3.8, 4) is 0 Å². The van der Waals surface area contributed by atoms with Crippen molar-refractivity contribution in [3.63, 3.8) is 0 Å². The summed E-state index contributed by atoms with van der Waals surface area (Å²) in [6, 6.07) is 0.831. The average Bonchev–Trinajstić information content (AvgIpc) is 2.19. The third-order valence-corrected chi connectivity index (χ3v) is 3.03. The van der Waals surface area contributed by atoms with Crippen LogP contribution in [-0.2, 0) is 4.79 Å². The number of nitrogens with zero attached hydrogens (tertiary/aromatic N) is 1. The van der Waals surface area contributed by atoms with Gasteiger partial charge in [-0.25, -0.2) is 0 Å². The summed E-state index contributed by atoms with van der Waals surface area (Å²) in [4.78, 5) is 13.7. The Kier molecular flexibility index (Phi) is 4.58. The second-order valence-corrected chi connectivity index (χ2v) is 4.98. The molecule has 1 aliphatic heterocycles. The number of rotatable bonds is 3. The van der Waals surface area contributed by atoms with Crippen molar-refractivity contribution < 1.29 is 4.79 Å². The Morgan fingerprint density at radius 1 is 1.53 bits per heavy atom. The van der Waals surface area contributed by atoms with Crippen molar-refractivity contribution in [1.82, 2.24) is 10.2 Å². The molecule has 1 aliphatic rings. The van der Waals surface area contributed by atoms with Gasteiger partial charge in [-0.3, -0.25) is 4.79 Å². The van der Waals surface area contributed by atoms with E-state index >= 15 is 0 Å². The summed E-state index contributed by atoms with van der Waals surface area (Å²) in [5.74, 6) is 0.979. The van der Waals surface area contributed by atoms with Gasteiger partial charge in [-0.05, 0) is 19.3 Å². The van der Waals surface area contributed by atoms with Crippen LogP contribution in [0.2, 0.25) is 0 Å². The van der Waals surface area contributed by atoms with Gasteiger partial charge in [0.2, 0.25) is 5.91 Å². The minimum Gasteiger partial charge on any atom is -0.337 e. The van der Waals surface area contributed by atoms with Crippen LogP contribution in [-0.4, -0.2) is 36.0 Å². The van der Waals surface area contributed by atoms with Crippen molar-refractivity contribution in [1.29, 1.82) is 0 Å². The molecular weight excluding hydrogens is 188 g/mol. The highest BCUT2D eigenvalue weighted by atomic mass is 16.2. The minimum atomic E-state index is 0.290. The van der Waals surface area contributed by atoms with Gasteiger partial charge in [0.05, 0.1) is 0 Å². The molecule has 0 aromatic carbocycles. The minimum absolute atomic E-state index is 0.290. The van der Waals surface area contributed by atoms with Crippen LogP contribution in [0, 0.1) is 5.92 Å². The smallest absolute Gasteiger partial charge is 0.222 e. The van der Waals surface area contributed by atoms with Gasteiger partial charge in [-0.15, -0.1) is 0 Å². The lowest BCUT2D eigenvalue weighted by molar-refractivity contribution is -0.134. The first-order chi connectivity index (χ1) is 7.04. The Hall–Kier alpha value is -0.570. The Bertz CT molecular complexity index is 216. The van der Waals surface area contributed by atoms with E-state index in [1.807, 2.05) is 11.8 Å². The molecule has 1 amide bonds. The van der Waals surface area contributed by atoms with Gasteiger partial charge in [0, 0.05) is 31.6 Å². The maximum Gasteiger partial charge on any atom is 0.222 e. The molecule has 88 valence electrons. The van der Waals surface area contributed by atoms with Crippen molar-refractivity contribution in [2.75, 3.05) is 13.1 Å². The number of piperazine rings is 1. The van der Waals surface area contributed by atoms with Crippen LogP contribution in [0.4, 0.5) is 0 Å². The van der Waals surface area contributed by atoms with Gasteiger partial charge in [-0.2, -0.15) is 0 Å². The first-order valence-corrected chi connectivity index (χ1v) is 6.07. The van der Waals surface area contributed by atoms with E-state index in [9.17, 15) is 4.79 Å². The molecule has 0 saturated carbocycles. The Morgan fingerprint density at radius 2 is 2.20 bits per heavy atom. The lowest BCUT2D eigenvalue weighted by Crippen LogP contribution is -2.57. The maximum absolute atomic E-state index is 11.7. The highest BCUT2D eigenvalue weighted by Gasteiger charge is 2.27. The molecule has 1 fully saturated rings. The molecule has 0 spiro atoms. The quantitative estimate of drug-likeness (QED) is 0.771. The van der Waals surface area contributed by atoms with Gasteiger partial charge in [0.15, 0.2) is 0 Å². The molecule has 2 atom stereocenters. The van der Waals surface area contributed by atoms with Crippen LogP contribution >= 0.6 is 0 Å². The molecule has 0 aromatic heterocycles. The fourth-order valence-corrected chi connectivity index (χ4v) is 2.21. The van der Waals surface area contributed by atoms with E-state index in [0.717, 1.165) is 19.5 Å². The lowest BCUT2D eigenvalue weighted by Gasteiger charge is -2.39. The molecule has 0 bridgehead atoms. The van der Waals surface area contributed by atoms with Crippen LogP contribution in [0.15, 0.2) is 0 Å². The summed E-state index contributed by atoms with van der Waals surface area (Å²) in [7, 11) is 0. The fourth-order valence-electron chi connectivity index (χ4n) is 2.21. The van der Waals surface area contributed by atoms with Crippen molar-refractivity contribution in [2.45, 2.75) is 52.6 Å². The van der Waals surface area contributed by atoms with Gasteiger partial charge in [0.1, 0.15) is 0 Å². The van der Waals surface area contributed by atoms with Gasteiger partial charge >= 0.3 is 0 Å². The SMILES string of the molecule is CCC(=O)N1CC(CC(C)C)NCC1C. The number of amides is 1. The number of hydrogen-bond donors (Lipinski definition) is 1. The maximum atomic E-state index is 11.7. The van der Waals surface area contributed by atoms with Crippen LogP contribution in [0.1, 0.15) is 40.5 Å². The number of nitrogens with one attached hydrogen (secondary N) is 1. The molecule has 3 heteroatoms. The van der Waals surface area contributed by atoms with Gasteiger partial charge < -0.3 is 10.2 Å². The zero-order valence-corrected chi connectivity index (χ0v) is 10.4. The molecule has 15 heavy (non-hydrogen) atoms. The molecule has 0 aromatic rings. The van der Waals surface area contributed by atoms with Crippen molar-refractivity contribution >= 4 is 5.91 Å². The molecule has 2 unspecified atom stereocenters. The monoisotopic (exact) mass is 212 g/mol. The van der Waals surface area contributed by atoms with E-state index in [4.69, 9.17) is 0 Å². The highest BCUT2D eigenvalue weighted by Crippen LogP contribution is 2.13. The summed E-state index contributed by atoms with van der Waals surface area (Å²) in [6.45, 7) is 10.3. The molecule has 1 saturated heterocycles. The Morgan fingerprint density at radius 3 is 2.73 bits per heavy atom. The molecular formula is C12H24N2O. The van der Waals surface area contributed by atoms with Crippen LogP contribution in [0.3, 0.4) is 0 Å². The number of hydrogen-bond acceptors (Lipinski definition) is 2. The predicted molar refractivity (Wildman–Crippen MR) is 62.7 cm³/mol. The summed E-state index contributed by atoms with van der Waals surface area (Å²) in [5, 5.41) is 3.52. The van der Waals surface area contributed by atoms with Crippen molar-refractivity contribution in [2.24, 2.45) is 5.92 Å². The largest absolute Gasteiger partial charge is 0.337 e. The summed E-state index contributed by atoms with van der Waals surface area (Å²) >= 11 is 0. The average molecular weight is 212 g/mol. The van der Waals surface area contributed by atoms with E-state index in [0.29, 0.717) is 24.4 Å². The third kappa shape index (κ3) is 3.49. The van der Waals surface area contributed by atoms with Crippen LogP contribution < -0.4 is 5.32 Å². The standard InChI is InChI=1S/C12H24N2O/c1-5-12(15)14-8-11(6-9(2)3)13-7-10(14)4/h9-11,13H,5-8H2,1-4H3. The molecule has 1 heterocycles. The third-order valence-electron chi connectivity index (χ3n) is 3.03. The zero-order valence-electron chi connectivity index (χ0n) is 10.4. The molecule has 1 rings (SSSR count). The predicted octanol–water partition coefficient (Wildman–Crippen LogP) is 1.63. The first-order valence-electron chi connectivity index (χ1n) is 6.07. The number of carbonyl (C=O) groups excluding carboxylic acids is 1. The zero-order chi connectivity index (χ0) is 11.4. The molecule has 0 radical (unpaired) electrons. The van der Waals surface area contributed by atoms with E-state index in [-0.39, 0.29) is 5.91 Å². The first kappa shape index (κ1) is 12.5. The Labute approximate surface area is 93.2 Å². The van der Waals surface area contributed by atoms with Crippen LogP contribution in [0.5, 0.6) is 0 Å². The summed E-state index contributed by atoms with van der Waals surface area (Å²) < 4.78 is 0. The van der Waals surface area contributed by atoms with E-state index in [1.54, 1.807) is 0 Å². The Balaban J connectivity index is 2.52. The molecule has 0 aliphatic carbocycles. The second kappa shape index (κ2) is 5.50. The fraction of sp³-hybridized carbons (Fsp3) is 0.917. The normalized spacial score (nSPS) is 27.1. The van der Waals surface area contributed by atoms with E-state index < -0.39 is 0 Å². The van der Waals surface area contributed by atoms with Crippen LogP contribution in [0.25, 0.3) is 0 Å². The highest BCUT2D eigenvalue weighted by molar-refractivity contribution is 5.76. The topological polar surface area (TPSA) is 32.3 Å². The van der Waals surface area contributed by atoms with E-state index in [1.165, 1.54) is 0 Å². The van der Waals surface area contributed by atoms with Gasteiger partial charge in [-0.1, -0.05) is 20.8 Å².